The molecule has 1 fully saturated rings. The molecule has 1 heterocycles. The number of nitrogens with zero attached hydrogens (tertiary/aromatic N) is 2. The summed E-state index contributed by atoms with van der Waals surface area (Å²) in [6, 6.07) is 6.23. The Labute approximate surface area is 175 Å². The van der Waals surface area contributed by atoms with Gasteiger partial charge in [0.15, 0.2) is 0 Å². The molecule has 1 atom stereocenters. The quantitative estimate of drug-likeness (QED) is 0.361. The van der Waals surface area contributed by atoms with Crippen LogP contribution >= 0.6 is 0 Å². The first-order valence-electron chi connectivity index (χ1n) is 10.3. The lowest BCUT2D eigenvalue weighted by atomic mass is 9.45. The molecule has 8 heteroatoms. The van der Waals surface area contributed by atoms with Gasteiger partial charge in [-0.05, 0) is 61.3 Å². The second-order valence-corrected chi connectivity index (χ2v) is 8.43. The Kier molecular flexibility index (Phi) is 5.18. The van der Waals surface area contributed by atoms with E-state index < -0.39 is 10.9 Å². The van der Waals surface area contributed by atoms with Gasteiger partial charge in [-0.1, -0.05) is 24.2 Å². The summed E-state index contributed by atoms with van der Waals surface area (Å²) < 4.78 is 11.3. The fourth-order valence-corrected chi connectivity index (χ4v) is 5.43. The molecule has 4 radical (unpaired) electrons. The minimum Gasteiger partial charge on any atom is -0.476 e. The van der Waals surface area contributed by atoms with Gasteiger partial charge in [-0.25, -0.2) is 4.99 Å². The molecule has 3 aliphatic rings. The van der Waals surface area contributed by atoms with Gasteiger partial charge in [0.25, 0.3) is 6.02 Å². The number of ether oxygens (including phenoxy) is 2. The van der Waals surface area contributed by atoms with Gasteiger partial charge in [0, 0.05) is 12.5 Å². The Hall–Kier alpha value is -1.95. The molecule has 0 saturated heterocycles. The van der Waals surface area contributed by atoms with Gasteiger partial charge in [0.1, 0.15) is 27.8 Å². The van der Waals surface area contributed by atoms with Crippen molar-refractivity contribution >= 4 is 27.9 Å². The van der Waals surface area contributed by atoms with E-state index in [0.717, 1.165) is 49.7 Å². The molecular formula is C21H27B2N3O3. The molecular weight excluding hydrogens is 364 g/mol. The van der Waals surface area contributed by atoms with Crippen LogP contribution in [0.5, 0.6) is 0 Å². The molecule has 0 aromatic heterocycles. The van der Waals surface area contributed by atoms with Gasteiger partial charge >= 0.3 is 0 Å². The second-order valence-electron chi connectivity index (χ2n) is 8.43. The van der Waals surface area contributed by atoms with Crippen LogP contribution in [0.4, 0.5) is 0 Å². The first kappa shape index (κ1) is 20.3. The van der Waals surface area contributed by atoms with E-state index in [1.165, 1.54) is 5.56 Å². The average Bonchev–Trinajstić information content (AvgIpc) is 3.10. The van der Waals surface area contributed by atoms with E-state index in [2.05, 4.69) is 11.2 Å². The number of aliphatic imine (C=N–C) groups is 1. The lowest BCUT2D eigenvalue weighted by molar-refractivity contribution is -0.0256. The predicted molar refractivity (Wildman–Crippen MR) is 114 cm³/mol. The van der Waals surface area contributed by atoms with Crippen molar-refractivity contribution in [1.29, 1.82) is 0 Å². The van der Waals surface area contributed by atoms with Gasteiger partial charge in [0.2, 0.25) is 0 Å². The zero-order chi connectivity index (χ0) is 20.7. The summed E-state index contributed by atoms with van der Waals surface area (Å²) in [7, 11) is 14.9. The van der Waals surface area contributed by atoms with Crippen LogP contribution in [0.25, 0.3) is 0 Å². The van der Waals surface area contributed by atoms with E-state index in [1.54, 1.807) is 13.3 Å². The SMILES string of the molecule is [B]C1([B])OC(N)=NC12c1cc(/C=N/OCCC)ccc1CC21CCC(OC)CC1. The molecule has 1 aromatic carbocycles. The fourth-order valence-electron chi connectivity index (χ4n) is 5.43. The predicted octanol–water partition coefficient (Wildman–Crippen LogP) is 2.11. The Morgan fingerprint density at radius 2 is 2.10 bits per heavy atom. The lowest BCUT2D eigenvalue weighted by Crippen LogP contribution is -2.59. The number of nitrogens with two attached hydrogens (primary N) is 1. The summed E-state index contributed by atoms with van der Waals surface area (Å²) >= 11 is 0. The number of hydrogen-bond donors (Lipinski definition) is 1. The summed E-state index contributed by atoms with van der Waals surface area (Å²) in [4.78, 5) is 10.0. The average molecular weight is 391 g/mol. The first-order valence-corrected chi connectivity index (χ1v) is 10.3. The normalized spacial score (nSPS) is 32.5. The molecule has 2 aliphatic carbocycles. The largest absolute Gasteiger partial charge is 0.476 e. The van der Waals surface area contributed by atoms with Gasteiger partial charge in [-0.15, -0.1) is 0 Å². The maximum absolute atomic E-state index is 6.56. The van der Waals surface area contributed by atoms with E-state index in [0.29, 0.717) is 6.61 Å². The summed E-state index contributed by atoms with van der Waals surface area (Å²) in [5.74, 6) is 0. The van der Waals surface area contributed by atoms with Crippen molar-refractivity contribution in [2.24, 2.45) is 21.3 Å². The lowest BCUT2D eigenvalue weighted by Gasteiger charge is -2.52. The molecule has 0 amide bonds. The molecule has 6 nitrogen and oxygen atoms in total. The smallest absolute Gasteiger partial charge is 0.281 e. The highest BCUT2D eigenvalue weighted by Gasteiger charge is 2.67. The molecule has 4 rings (SSSR count). The van der Waals surface area contributed by atoms with E-state index in [4.69, 9.17) is 40.7 Å². The number of hydrogen-bond acceptors (Lipinski definition) is 6. The molecule has 1 aromatic rings. The number of rotatable bonds is 5. The Bertz CT molecular complexity index is 834. The molecule has 1 unspecified atom stereocenters. The highest BCUT2D eigenvalue weighted by atomic mass is 16.6. The molecule has 29 heavy (non-hydrogen) atoms. The maximum Gasteiger partial charge on any atom is 0.281 e. The van der Waals surface area contributed by atoms with Crippen LogP contribution in [-0.4, -0.2) is 53.1 Å². The van der Waals surface area contributed by atoms with Crippen molar-refractivity contribution in [1.82, 2.24) is 0 Å². The van der Waals surface area contributed by atoms with Crippen LogP contribution in [0.3, 0.4) is 0 Å². The molecule has 2 N–H and O–H groups in total. The van der Waals surface area contributed by atoms with Crippen molar-refractivity contribution in [2.45, 2.75) is 62.5 Å². The Morgan fingerprint density at radius 3 is 2.72 bits per heavy atom. The second kappa shape index (κ2) is 7.38. The van der Waals surface area contributed by atoms with Gasteiger partial charge < -0.3 is 20.0 Å². The topological polar surface area (TPSA) is 78.4 Å². The van der Waals surface area contributed by atoms with E-state index in [9.17, 15) is 0 Å². The van der Waals surface area contributed by atoms with Crippen molar-refractivity contribution in [3.8, 4) is 0 Å². The monoisotopic (exact) mass is 391 g/mol. The van der Waals surface area contributed by atoms with Crippen molar-refractivity contribution in [2.75, 3.05) is 13.7 Å². The number of fused-ring (bicyclic) bond motifs is 3. The van der Waals surface area contributed by atoms with Crippen LogP contribution in [-0.2, 0) is 26.3 Å². The third kappa shape index (κ3) is 3.07. The molecule has 0 bridgehead atoms. The number of oxime groups is 1. The first-order chi connectivity index (χ1) is 13.9. The van der Waals surface area contributed by atoms with Crippen LogP contribution in [0.1, 0.15) is 55.7 Å². The number of methoxy groups -OCH3 is 1. The van der Waals surface area contributed by atoms with E-state index in [1.807, 2.05) is 19.1 Å². The van der Waals surface area contributed by atoms with E-state index >= 15 is 0 Å². The van der Waals surface area contributed by atoms with Crippen molar-refractivity contribution < 1.29 is 14.3 Å². The minimum atomic E-state index is -1.52. The van der Waals surface area contributed by atoms with Crippen molar-refractivity contribution in [3.63, 3.8) is 0 Å². The molecule has 1 saturated carbocycles. The highest BCUT2D eigenvalue weighted by Crippen LogP contribution is 2.64. The van der Waals surface area contributed by atoms with Crippen molar-refractivity contribution in [3.05, 3.63) is 34.9 Å². The zero-order valence-corrected chi connectivity index (χ0v) is 17.2. The number of benzene rings is 1. The van der Waals surface area contributed by atoms with Crippen LogP contribution in [0.15, 0.2) is 28.3 Å². The standard InChI is InChI=1S/C21H27B2N3O3/c1-3-10-28-25-13-14-4-5-15-12-19(8-6-16(27-2)7-9-19)20(17(15)11-14)21(22,23)29-18(24)26-20/h4-5,11,13,16H,3,6-10,12H2,1-2H3,(H2,24,26)/b25-13+. The molecule has 2 spiro atoms. The Morgan fingerprint density at radius 1 is 1.34 bits per heavy atom. The summed E-state index contributed by atoms with van der Waals surface area (Å²) in [5.41, 5.74) is 7.86. The Balaban J connectivity index is 1.78. The molecule has 150 valence electrons. The maximum atomic E-state index is 6.56. The minimum absolute atomic E-state index is 0.0430. The summed E-state index contributed by atoms with van der Waals surface area (Å²) in [6.07, 6.45) is 7.32. The van der Waals surface area contributed by atoms with Crippen LogP contribution < -0.4 is 5.73 Å². The van der Waals surface area contributed by atoms with E-state index in [-0.39, 0.29) is 17.5 Å². The third-order valence-corrected chi connectivity index (χ3v) is 6.73. The summed E-state index contributed by atoms with van der Waals surface area (Å²) in [6.45, 7) is 2.62. The fraction of sp³-hybridized carbons (Fsp3) is 0.619. The van der Waals surface area contributed by atoms with Crippen LogP contribution in [0.2, 0.25) is 0 Å². The zero-order valence-electron chi connectivity index (χ0n) is 17.2. The number of amidine groups is 1. The third-order valence-electron chi connectivity index (χ3n) is 6.73. The van der Waals surface area contributed by atoms with Gasteiger partial charge in [0.05, 0.1) is 17.7 Å². The summed E-state index contributed by atoms with van der Waals surface area (Å²) in [5, 5.41) is 2.54. The highest BCUT2D eigenvalue weighted by molar-refractivity contribution is 6.41. The molecule has 1 aliphatic heterocycles. The van der Waals surface area contributed by atoms with Gasteiger partial charge in [-0.2, -0.15) is 0 Å². The van der Waals surface area contributed by atoms with Crippen LogP contribution in [0, 0.1) is 5.41 Å². The van der Waals surface area contributed by atoms with Gasteiger partial charge in [-0.3, -0.25) is 0 Å².